The molecule has 0 bridgehead atoms. The molecule has 2 aromatic carbocycles. The number of Topliss-reactive ketones (excluding diaryl/α,β-unsaturated/α-hetero) is 1. The summed E-state index contributed by atoms with van der Waals surface area (Å²) in [7, 11) is 0. The van der Waals surface area contributed by atoms with Gasteiger partial charge in [0.05, 0.1) is 6.54 Å². The lowest BCUT2D eigenvalue weighted by atomic mass is 10.1. The molecule has 0 N–H and O–H groups in total. The molecule has 1 fully saturated rings. The summed E-state index contributed by atoms with van der Waals surface area (Å²) in [5.74, 6) is -0.510. The lowest BCUT2D eigenvalue weighted by Gasteiger charge is -2.15. The molecule has 0 atom stereocenters. The highest BCUT2D eigenvalue weighted by Crippen LogP contribution is 2.22. The largest absolute Gasteiger partial charge is 0.442 e. The fraction of sp³-hybridized carbons (Fsp3) is 0.200. The molecule has 3 aromatic rings. The van der Waals surface area contributed by atoms with Crippen molar-refractivity contribution in [2.24, 2.45) is 0 Å². The maximum Gasteiger partial charge on any atom is 0.442 e. The Kier molecular flexibility index (Phi) is 4.42. The Morgan fingerprint density at radius 3 is 2.44 bits per heavy atom. The van der Waals surface area contributed by atoms with Crippen LogP contribution in [0.15, 0.2) is 63.9 Å². The first-order chi connectivity index (χ1) is 13.1. The average Bonchev–Trinajstić information content (AvgIpc) is 3.28. The summed E-state index contributed by atoms with van der Waals surface area (Å²) in [5.41, 5.74) is 1.93. The van der Waals surface area contributed by atoms with Crippen molar-refractivity contribution in [3.8, 4) is 11.4 Å². The van der Waals surface area contributed by atoms with Gasteiger partial charge in [-0.15, -0.1) is 0 Å². The predicted molar refractivity (Wildman–Crippen MR) is 98.6 cm³/mol. The van der Waals surface area contributed by atoms with Crippen LogP contribution in [0.5, 0.6) is 0 Å². The lowest BCUT2D eigenvalue weighted by Crippen LogP contribution is -2.24. The Balaban J connectivity index is 1.56. The number of benzene rings is 2. The predicted octanol–water partition coefficient (Wildman–Crippen LogP) is 2.51. The Morgan fingerprint density at radius 1 is 1.04 bits per heavy atom. The molecule has 7 nitrogen and oxygen atoms in total. The number of rotatable bonds is 5. The van der Waals surface area contributed by atoms with E-state index in [1.165, 1.54) is 4.57 Å². The molecule has 2 heterocycles. The zero-order chi connectivity index (χ0) is 18.8. The summed E-state index contributed by atoms with van der Waals surface area (Å²) in [6, 6.07) is 15.9. The van der Waals surface area contributed by atoms with E-state index in [-0.39, 0.29) is 18.2 Å². The molecule has 0 spiro atoms. The third-order valence-corrected chi connectivity index (χ3v) is 4.59. The van der Waals surface area contributed by atoms with E-state index in [4.69, 9.17) is 4.52 Å². The summed E-state index contributed by atoms with van der Waals surface area (Å²) in [4.78, 5) is 38.1. The highest BCUT2D eigenvalue weighted by molar-refractivity contribution is 5.98. The van der Waals surface area contributed by atoms with E-state index in [0.29, 0.717) is 29.9 Å². The van der Waals surface area contributed by atoms with Gasteiger partial charge in [-0.3, -0.25) is 14.1 Å². The second-order valence-corrected chi connectivity index (χ2v) is 6.34. The molecule has 7 heteroatoms. The van der Waals surface area contributed by atoms with Crippen molar-refractivity contribution < 1.29 is 14.1 Å². The molecule has 0 aliphatic carbocycles. The minimum Gasteiger partial charge on any atom is -0.312 e. The van der Waals surface area contributed by atoms with Gasteiger partial charge in [0, 0.05) is 29.8 Å². The third-order valence-electron chi connectivity index (χ3n) is 4.59. The van der Waals surface area contributed by atoms with Gasteiger partial charge in [0.15, 0.2) is 11.6 Å². The zero-order valence-corrected chi connectivity index (χ0v) is 14.5. The maximum atomic E-state index is 12.6. The molecule has 0 unspecified atom stereocenters. The van der Waals surface area contributed by atoms with E-state index < -0.39 is 5.76 Å². The minimum atomic E-state index is -0.679. The van der Waals surface area contributed by atoms with Crippen molar-refractivity contribution in [2.45, 2.75) is 19.4 Å². The number of nitrogens with zero attached hydrogens (tertiary/aromatic N) is 3. The van der Waals surface area contributed by atoms with Crippen molar-refractivity contribution in [1.29, 1.82) is 0 Å². The van der Waals surface area contributed by atoms with Gasteiger partial charge in [-0.1, -0.05) is 35.5 Å². The van der Waals surface area contributed by atoms with Gasteiger partial charge in [0.25, 0.3) is 0 Å². The zero-order valence-electron chi connectivity index (χ0n) is 14.5. The number of hydrogen-bond donors (Lipinski definition) is 0. The third kappa shape index (κ3) is 3.31. The summed E-state index contributed by atoms with van der Waals surface area (Å²) in [5, 5.41) is 3.79. The van der Waals surface area contributed by atoms with Crippen molar-refractivity contribution in [1.82, 2.24) is 9.72 Å². The van der Waals surface area contributed by atoms with E-state index in [9.17, 15) is 14.4 Å². The summed E-state index contributed by atoms with van der Waals surface area (Å²) in [6.45, 7) is 0.525. The Morgan fingerprint density at radius 2 is 1.78 bits per heavy atom. The van der Waals surface area contributed by atoms with Crippen LogP contribution in [0.1, 0.15) is 23.2 Å². The second kappa shape index (κ2) is 7.03. The van der Waals surface area contributed by atoms with Crippen molar-refractivity contribution in [3.63, 3.8) is 0 Å². The maximum absolute atomic E-state index is 12.6. The number of anilines is 1. The van der Waals surface area contributed by atoms with Gasteiger partial charge in [-0.2, -0.15) is 0 Å². The topological polar surface area (TPSA) is 85.4 Å². The molecule has 27 heavy (non-hydrogen) atoms. The van der Waals surface area contributed by atoms with Gasteiger partial charge in [-0.25, -0.2) is 9.36 Å². The van der Waals surface area contributed by atoms with Gasteiger partial charge in [0.2, 0.25) is 5.91 Å². The van der Waals surface area contributed by atoms with E-state index in [0.717, 1.165) is 12.1 Å². The van der Waals surface area contributed by atoms with Crippen molar-refractivity contribution >= 4 is 17.4 Å². The standard InChI is InChI=1S/C20H17N3O4/c24-17(14-8-10-16(11-9-14)22-12-4-7-18(22)25)13-23-19(21-27-20(23)26)15-5-2-1-3-6-15/h1-3,5-6,8-11H,4,7,12-13H2. The summed E-state index contributed by atoms with van der Waals surface area (Å²) in [6.07, 6.45) is 1.40. The molecule has 1 amide bonds. The van der Waals surface area contributed by atoms with Crippen LogP contribution < -0.4 is 10.7 Å². The molecule has 0 saturated carbocycles. The van der Waals surface area contributed by atoms with Gasteiger partial charge < -0.3 is 4.90 Å². The lowest BCUT2D eigenvalue weighted by molar-refractivity contribution is -0.117. The Bertz CT molecular complexity index is 1040. The van der Waals surface area contributed by atoms with Crippen LogP contribution in [-0.4, -0.2) is 28.0 Å². The number of carbonyl (C=O) groups excluding carboxylic acids is 2. The number of ketones is 1. The first-order valence-electron chi connectivity index (χ1n) is 8.69. The minimum absolute atomic E-state index is 0.0950. The Labute approximate surface area is 154 Å². The monoisotopic (exact) mass is 363 g/mol. The van der Waals surface area contributed by atoms with E-state index in [1.807, 2.05) is 18.2 Å². The average molecular weight is 363 g/mol. The van der Waals surface area contributed by atoms with Crippen LogP contribution in [0.3, 0.4) is 0 Å². The molecule has 1 aromatic heterocycles. The molecule has 4 rings (SSSR count). The van der Waals surface area contributed by atoms with Crippen LogP contribution in [0, 0.1) is 0 Å². The fourth-order valence-electron chi connectivity index (χ4n) is 3.19. The molecular formula is C20H17N3O4. The molecule has 0 radical (unpaired) electrons. The van der Waals surface area contributed by atoms with Gasteiger partial charge in [-0.05, 0) is 30.7 Å². The molecule has 136 valence electrons. The molecule has 1 saturated heterocycles. The highest BCUT2D eigenvalue weighted by atomic mass is 16.5. The van der Waals surface area contributed by atoms with E-state index in [1.54, 1.807) is 41.3 Å². The van der Waals surface area contributed by atoms with Crippen LogP contribution in [0.2, 0.25) is 0 Å². The van der Waals surface area contributed by atoms with E-state index >= 15 is 0 Å². The normalized spacial score (nSPS) is 13.9. The van der Waals surface area contributed by atoms with E-state index in [2.05, 4.69) is 5.16 Å². The fourth-order valence-corrected chi connectivity index (χ4v) is 3.19. The number of amides is 1. The quantitative estimate of drug-likeness (QED) is 0.650. The first-order valence-corrected chi connectivity index (χ1v) is 8.69. The first kappa shape index (κ1) is 17.0. The Hall–Kier alpha value is -3.48. The van der Waals surface area contributed by atoms with Crippen LogP contribution >= 0.6 is 0 Å². The summed E-state index contributed by atoms with van der Waals surface area (Å²) < 4.78 is 5.96. The summed E-state index contributed by atoms with van der Waals surface area (Å²) >= 11 is 0. The molecule has 1 aliphatic heterocycles. The smallest absolute Gasteiger partial charge is 0.312 e. The number of carbonyl (C=O) groups is 2. The van der Waals surface area contributed by atoms with Crippen LogP contribution in [0.4, 0.5) is 5.69 Å². The van der Waals surface area contributed by atoms with Gasteiger partial charge in [0.1, 0.15) is 0 Å². The van der Waals surface area contributed by atoms with Gasteiger partial charge >= 0.3 is 5.76 Å². The number of hydrogen-bond acceptors (Lipinski definition) is 5. The number of aromatic nitrogens is 2. The molecule has 1 aliphatic rings. The van der Waals surface area contributed by atoms with Crippen molar-refractivity contribution in [3.05, 3.63) is 70.7 Å². The second-order valence-electron chi connectivity index (χ2n) is 6.34. The van der Waals surface area contributed by atoms with Crippen LogP contribution in [-0.2, 0) is 11.3 Å². The van der Waals surface area contributed by atoms with Crippen molar-refractivity contribution in [2.75, 3.05) is 11.4 Å². The highest BCUT2D eigenvalue weighted by Gasteiger charge is 2.22. The SMILES string of the molecule is O=C(Cn1c(-c2ccccc2)noc1=O)c1ccc(N2CCCC2=O)cc1. The van der Waals surface area contributed by atoms with Crippen LogP contribution in [0.25, 0.3) is 11.4 Å². The molecular weight excluding hydrogens is 346 g/mol.